The van der Waals surface area contributed by atoms with Crippen molar-refractivity contribution in [3.8, 4) is 11.1 Å². The Hall–Kier alpha value is -4.88. The number of fused-ring (bicyclic) bond motifs is 10. The first kappa shape index (κ1) is 23.0. The molecule has 7 aromatic carbocycles. The molecule has 0 atom stereocenters. The smallest absolute Gasteiger partial charge is 0.0468 e. The normalized spacial score (nSPS) is 13.4. The summed E-state index contributed by atoms with van der Waals surface area (Å²) in [7, 11) is 0. The second-order valence-corrected chi connectivity index (χ2v) is 11.4. The van der Waals surface area contributed by atoms with Gasteiger partial charge in [-0.15, -0.1) is 0 Å². The van der Waals surface area contributed by atoms with E-state index < -0.39 is 0 Å². The molecule has 190 valence electrons. The van der Waals surface area contributed by atoms with Gasteiger partial charge < -0.3 is 4.90 Å². The fourth-order valence-electron chi connectivity index (χ4n) is 7.13. The number of nitrogens with zero attached hydrogens (tertiary/aromatic N) is 1. The molecule has 0 heterocycles. The molecule has 0 aliphatic heterocycles. The zero-order valence-electron chi connectivity index (χ0n) is 22.7. The van der Waals surface area contributed by atoms with Crippen LogP contribution in [0.2, 0.25) is 0 Å². The SMILES string of the molecule is CC1(C)c2c(ccc3cc(N(c4ccccc4)c4ccccc4)ccc23)-c2c1c1ccccc1c1ccccc21. The van der Waals surface area contributed by atoms with Gasteiger partial charge in [0, 0.05) is 22.5 Å². The van der Waals surface area contributed by atoms with Gasteiger partial charge in [0.05, 0.1) is 0 Å². The summed E-state index contributed by atoms with van der Waals surface area (Å²) < 4.78 is 0. The van der Waals surface area contributed by atoms with E-state index in [2.05, 4.69) is 158 Å². The highest BCUT2D eigenvalue weighted by Gasteiger charge is 2.39. The van der Waals surface area contributed by atoms with Crippen molar-refractivity contribution in [1.82, 2.24) is 0 Å². The highest BCUT2D eigenvalue weighted by Crippen LogP contribution is 2.56. The number of para-hydroxylation sites is 2. The second-order valence-electron chi connectivity index (χ2n) is 11.4. The van der Waals surface area contributed by atoms with Crippen LogP contribution in [-0.4, -0.2) is 0 Å². The highest BCUT2D eigenvalue weighted by molar-refractivity contribution is 6.19. The number of rotatable bonds is 3. The minimum atomic E-state index is -0.131. The van der Waals surface area contributed by atoms with Crippen molar-refractivity contribution in [1.29, 1.82) is 0 Å². The maximum atomic E-state index is 2.41. The molecule has 0 aromatic heterocycles. The Morgan fingerprint density at radius 3 is 1.62 bits per heavy atom. The topological polar surface area (TPSA) is 3.24 Å². The van der Waals surface area contributed by atoms with Gasteiger partial charge in [-0.1, -0.05) is 117 Å². The Balaban J connectivity index is 1.39. The molecule has 1 aliphatic carbocycles. The molecule has 0 spiro atoms. The van der Waals surface area contributed by atoms with E-state index in [0.29, 0.717) is 0 Å². The van der Waals surface area contributed by atoms with Crippen molar-refractivity contribution in [2.45, 2.75) is 19.3 Å². The summed E-state index contributed by atoms with van der Waals surface area (Å²) in [4.78, 5) is 2.34. The average molecular weight is 512 g/mol. The molecule has 1 aliphatic rings. The molecule has 0 fully saturated rings. The van der Waals surface area contributed by atoms with Crippen LogP contribution >= 0.6 is 0 Å². The van der Waals surface area contributed by atoms with E-state index in [4.69, 9.17) is 0 Å². The molecule has 1 heteroatoms. The number of hydrogen-bond donors (Lipinski definition) is 0. The van der Waals surface area contributed by atoms with Crippen LogP contribution in [0.1, 0.15) is 25.0 Å². The third kappa shape index (κ3) is 3.21. The highest BCUT2D eigenvalue weighted by atomic mass is 15.1. The molecule has 0 bridgehead atoms. The van der Waals surface area contributed by atoms with Crippen LogP contribution in [0, 0.1) is 0 Å². The minimum Gasteiger partial charge on any atom is -0.310 e. The summed E-state index contributed by atoms with van der Waals surface area (Å²) >= 11 is 0. The van der Waals surface area contributed by atoms with E-state index in [0.717, 1.165) is 17.1 Å². The molecular weight excluding hydrogens is 482 g/mol. The van der Waals surface area contributed by atoms with E-state index in [1.165, 1.54) is 54.6 Å². The van der Waals surface area contributed by atoms with Gasteiger partial charge in [-0.05, 0) is 91.0 Å². The Bertz CT molecular complexity index is 2030. The Morgan fingerprint density at radius 1 is 0.425 bits per heavy atom. The van der Waals surface area contributed by atoms with Crippen molar-refractivity contribution in [2.75, 3.05) is 4.90 Å². The number of anilines is 3. The van der Waals surface area contributed by atoms with Crippen molar-refractivity contribution >= 4 is 49.4 Å². The van der Waals surface area contributed by atoms with Gasteiger partial charge in [0.25, 0.3) is 0 Å². The molecule has 0 amide bonds. The first-order valence-corrected chi connectivity index (χ1v) is 14.0. The van der Waals surface area contributed by atoms with E-state index in [1.54, 1.807) is 0 Å². The van der Waals surface area contributed by atoms with E-state index >= 15 is 0 Å². The Kier molecular flexibility index (Phi) is 4.93. The maximum absolute atomic E-state index is 2.41. The van der Waals surface area contributed by atoms with Crippen LogP contribution in [0.25, 0.3) is 43.4 Å². The quantitative estimate of drug-likeness (QED) is 0.213. The first-order valence-electron chi connectivity index (χ1n) is 14.0. The summed E-state index contributed by atoms with van der Waals surface area (Å²) in [6, 6.07) is 50.8. The van der Waals surface area contributed by atoms with Crippen molar-refractivity contribution < 1.29 is 0 Å². The van der Waals surface area contributed by atoms with Gasteiger partial charge in [-0.2, -0.15) is 0 Å². The molecule has 1 nitrogen and oxygen atoms in total. The van der Waals surface area contributed by atoms with Crippen LogP contribution in [0.4, 0.5) is 17.1 Å². The molecule has 0 N–H and O–H groups in total. The van der Waals surface area contributed by atoms with E-state index in [-0.39, 0.29) is 5.41 Å². The lowest BCUT2D eigenvalue weighted by Gasteiger charge is -2.27. The number of hydrogen-bond acceptors (Lipinski definition) is 1. The molecule has 0 saturated carbocycles. The second kappa shape index (κ2) is 8.56. The average Bonchev–Trinajstić information content (AvgIpc) is 3.26. The van der Waals surface area contributed by atoms with Gasteiger partial charge in [-0.3, -0.25) is 0 Å². The molecule has 8 rings (SSSR count). The summed E-state index contributed by atoms with van der Waals surface area (Å²) in [5.74, 6) is 0. The molecule has 0 radical (unpaired) electrons. The van der Waals surface area contributed by atoms with Crippen LogP contribution in [0.3, 0.4) is 0 Å². The molecule has 40 heavy (non-hydrogen) atoms. The molecule has 0 unspecified atom stereocenters. The maximum Gasteiger partial charge on any atom is 0.0468 e. The Morgan fingerprint density at radius 2 is 0.975 bits per heavy atom. The van der Waals surface area contributed by atoms with E-state index in [9.17, 15) is 0 Å². The van der Waals surface area contributed by atoms with Crippen molar-refractivity contribution in [3.05, 3.63) is 151 Å². The van der Waals surface area contributed by atoms with Crippen molar-refractivity contribution in [2.24, 2.45) is 0 Å². The van der Waals surface area contributed by atoms with Crippen LogP contribution in [0.15, 0.2) is 140 Å². The lowest BCUT2D eigenvalue weighted by molar-refractivity contribution is 0.672. The lowest BCUT2D eigenvalue weighted by Crippen LogP contribution is -2.16. The van der Waals surface area contributed by atoms with Crippen LogP contribution in [0.5, 0.6) is 0 Å². The fraction of sp³-hybridized carbons (Fsp3) is 0.0769. The zero-order valence-corrected chi connectivity index (χ0v) is 22.7. The molecular formula is C39H29N. The monoisotopic (exact) mass is 511 g/mol. The predicted octanol–water partition coefficient (Wildman–Crippen LogP) is 10.9. The van der Waals surface area contributed by atoms with Gasteiger partial charge in [-0.25, -0.2) is 0 Å². The Labute approximate surface area is 234 Å². The summed E-state index contributed by atoms with van der Waals surface area (Å²) in [6.45, 7) is 4.82. The summed E-state index contributed by atoms with van der Waals surface area (Å²) in [5, 5.41) is 7.97. The third-order valence-electron chi connectivity index (χ3n) is 8.74. The van der Waals surface area contributed by atoms with Crippen molar-refractivity contribution in [3.63, 3.8) is 0 Å². The standard InChI is InChI=1S/C39H29N/c1-39(2)37-30-24-22-29(40(27-13-5-3-6-14-27)28-15-7-4-8-16-28)25-26(30)21-23-35(37)36-33-19-11-9-17-31(33)32-18-10-12-20-34(32)38(36)39/h3-25H,1-2H3. The van der Waals surface area contributed by atoms with Crippen LogP contribution < -0.4 is 4.90 Å². The van der Waals surface area contributed by atoms with Gasteiger partial charge in [0.2, 0.25) is 0 Å². The predicted molar refractivity (Wildman–Crippen MR) is 171 cm³/mol. The van der Waals surface area contributed by atoms with Crippen LogP contribution in [-0.2, 0) is 5.41 Å². The summed E-state index contributed by atoms with van der Waals surface area (Å²) in [6.07, 6.45) is 0. The van der Waals surface area contributed by atoms with E-state index in [1.807, 2.05) is 0 Å². The molecule has 0 saturated heterocycles. The lowest BCUT2D eigenvalue weighted by atomic mass is 9.78. The van der Waals surface area contributed by atoms with Gasteiger partial charge in [0.15, 0.2) is 0 Å². The fourth-order valence-corrected chi connectivity index (χ4v) is 7.13. The first-order chi connectivity index (χ1) is 19.6. The minimum absolute atomic E-state index is 0.131. The molecule has 7 aromatic rings. The zero-order chi connectivity index (χ0) is 26.8. The van der Waals surface area contributed by atoms with Gasteiger partial charge >= 0.3 is 0 Å². The van der Waals surface area contributed by atoms with Gasteiger partial charge in [0.1, 0.15) is 0 Å². The largest absolute Gasteiger partial charge is 0.310 e. The number of benzene rings is 7. The third-order valence-corrected chi connectivity index (χ3v) is 8.74. The summed E-state index contributed by atoms with van der Waals surface area (Å²) in [5.41, 5.74) is 8.98.